The fourth-order valence-corrected chi connectivity index (χ4v) is 3.39. The molecule has 0 aliphatic heterocycles. The third kappa shape index (κ3) is 4.31. The van der Waals surface area contributed by atoms with Gasteiger partial charge in [-0.2, -0.15) is 0 Å². The number of hydrogen-bond donors (Lipinski definition) is 1. The number of hydrogen-bond acceptors (Lipinski definition) is 3. The van der Waals surface area contributed by atoms with Crippen LogP contribution in [-0.4, -0.2) is 17.1 Å². The molecule has 0 saturated heterocycles. The summed E-state index contributed by atoms with van der Waals surface area (Å²) in [5, 5.41) is 2.04. The van der Waals surface area contributed by atoms with Crippen LogP contribution in [0.2, 0.25) is 10.0 Å². The van der Waals surface area contributed by atoms with Crippen molar-refractivity contribution in [2.24, 2.45) is 0 Å². The maximum atomic E-state index is 14.8. The van der Waals surface area contributed by atoms with Crippen LogP contribution >= 0.6 is 23.2 Å². The minimum Gasteiger partial charge on any atom is -0.493 e. The Bertz CT molecular complexity index is 1160. The van der Waals surface area contributed by atoms with Gasteiger partial charge >= 0.3 is 0 Å². The number of rotatable bonds is 6. The summed E-state index contributed by atoms with van der Waals surface area (Å²) in [6, 6.07) is 12.1. The normalized spacial score (nSPS) is 11.0. The van der Waals surface area contributed by atoms with Gasteiger partial charge in [0.2, 0.25) is 0 Å². The molecule has 2 heterocycles. The molecule has 0 fully saturated rings. The Morgan fingerprint density at radius 1 is 1.00 bits per heavy atom. The first kappa shape index (κ1) is 19.6. The monoisotopic (exact) mass is 430 g/mol. The van der Waals surface area contributed by atoms with E-state index in [1.165, 1.54) is 13.2 Å². The van der Waals surface area contributed by atoms with Crippen molar-refractivity contribution in [3.63, 3.8) is 0 Å². The van der Waals surface area contributed by atoms with Gasteiger partial charge in [-0.15, -0.1) is 0 Å². The Hall–Kier alpha value is -2.76. The van der Waals surface area contributed by atoms with Gasteiger partial charge in [-0.1, -0.05) is 35.3 Å². The van der Waals surface area contributed by atoms with E-state index >= 15 is 0 Å². The predicted octanol–water partition coefficient (Wildman–Crippen LogP) is 6.19. The van der Waals surface area contributed by atoms with Gasteiger partial charge in [0, 0.05) is 35.3 Å². The molecule has 0 aliphatic carbocycles. The highest BCUT2D eigenvalue weighted by atomic mass is 35.5. The Labute approximate surface area is 177 Å². The zero-order valence-corrected chi connectivity index (χ0v) is 17.0. The highest BCUT2D eigenvalue weighted by Gasteiger charge is 2.15. The van der Waals surface area contributed by atoms with Crippen LogP contribution in [0.4, 0.5) is 4.39 Å². The molecule has 0 radical (unpaired) electrons. The molecule has 0 bridgehead atoms. The summed E-state index contributed by atoms with van der Waals surface area (Å²) in [5.74, 6) is 0.431. The van der Waals surface area contributed by atoms with Crippen LogP contribution in [-0.2, 0) is 13.0 Å². The van der Waals surface area contributed by atoms with Gasteiger partial charge in [-0.3, -0.25) is 0 Å². The summed E-state index contributed by atoms with van der Waals surface area (Å²) in [5.41, 5.74) is 3.01. The second-order valence-corrected chi connectivity index (χ2v) is 7.42. The van der Waals surface area contributed by atoms with Crippen LogP contribution < -0.4 is 9.47 Å². The number of fused-ring (bicyclic) bond motifs is 1. The summed E-state index contributed by atoms with van der Waals surface area (Å²) >= 11 is 11.9. The highest BCUT2D eigenvalue weighted by molar-refractivity contribution is 6.31. The average molecular weight is 431 g/mol. The number of benzene rings is 2. The van der Waals surface area contributed by atoms with Crippen molar-refractivity contribution in [1.29, 1.82) is 0 Å². The zero-order chi connectivity index (χ0) is 20.4. The van der Waals surface area contributed by atoms with Crippen LogP contribution in [0.15, 0.2) is 54.9 Å². The number of methoxy groups -OCH3 is 1. The Balaban J connectivity index is 1.58. The highest BCUT2D eigenvalue weighted by Crippen LogP contribution is 2.33. The topological polar surface area (TPSA) is 47.1 Å². The second kappa shape index (κ2) is 8.31. The molecule has 0 aliphatic rings. The van der Waals surface area contributed by atoms with E-state index in [4.69, 9.17) is 32.7 Å². The number of nitrogens with one attached hydrogen (secondary N) is 1. The van der Waals surface area contributed by atoms with Crippen LogP contribution in [0.3, 0.4) is 0 Å². The van der Waals surface area contributed by atoms with Crippen molar-refractivity contribution >= 4 is 34.2 Å². The summed E-state index contributed by atoms with van der Waals surface area (Å²) in [4.78, 5) is 7.32. The minimum atomic E-state index is -0.374. The molecule has 4 aromatic rings. The maximum absolute atomic E-state index is 14.8. The minimum absolute atomic E-state index is 0.277. The molecule has 0 atom stereocenters. The van der Waals surface area contributed by atoms with Crippen LogP contribution in [0.5, 0.6) is 11.5 Å². The largest absolute Gasteiger partial charge is 0.493 e. The molecule has 0 saturated carbocycles. The van der Waals surface area contributed by atoms with Gasteiger partial charge in [-0.25, -0.2) is 9.37 Å². The lowest BCUT2D eigenvalue weighted by Gasteiger charge is -2.13. The molecule has 4 rings (SSSR count). The number of ether oxygens (including phenoxy) is 2. The second-order valence-electron chi connectivity index (χ2n) is 6.55. The van der Waals surface area contributed by atoms with Gasteiger partial charge in [0.05, 0.1) is 12.1 Å². The summed E-state index contributed by atoms with van der Waals surface area (Å²) in [6.07, 6.45) is 3.74. The lowest BCUT2D eigenvalue weighted by atomic mass is 10.0. The van der Waals surface area contributed by atoms with Gasteiger partial charge in [0.1, 0.15) is 18.1 Å². The van der Waals surface area contributed by atoms with Crippen LogP contribution in [0.25, 0.3) is 11.0 Å². The van der Waals surface area contributed by atoms with E-state index in [0.29, 0.717) is 39.2 Å². The number of aromatic amines is 1. The van der Waals surface area contributed by atoms with E-state index in [2.05, 4.69) is 9.97 Å². The van der Waals surface area contributed by atoms with Crippen molar-refractivity contribution in [3.8, 4) is 11.5 Å². The quantitative estimate of drug-likeness (QED) is 0.396. The molecule has 2 aromatic carbocycles. The fraction of sp³-hybridized carbons (Fsp3) is 0.136. The standard InChI is InChI=1S/C22H17Cl2FN2O2/c1-28-20-7-14(6-15-10-26-22-18(15)8-17(24)11-27-22)19(25)9-21(20)29-12-13-2-4-16(23)5-3-13/h2-5,7-11H,6,12H2,1H3,(H,26,27). The molecule has 7 heteroatoms. The summed E-state index contributed by atoms with van der Waals surface area (Å²) in [6.45, 7) is 0.277. The third-order valence-electron chi connectivity index (χ3n) is 4.60. The van der Waals surface area contributed by atoms with Crippen molar-refractivity contribution in [2.75, 3.05) is 7.11 Å². The third-order valence-corrected chi connectivity index (χ3v) is 5.06. The summed E-state index contributed by atoms with van der Waals surface area (Å²) in [7, 11) is 1.53. The molecular weight excluding hydrogens is 414 g/mol. The predicted molar refractivity (Wildman–Crippen MR) is 113 cm³/mol. The average Bonchev–Trinajstić information content (AvgIpc) is 3.11. The SMILES string of the molecule is COc1cc(Cc2c[nH]c3ncc(Cl)cc23)c(F)cc1OCc1ccc(Cl)cc1. The van der Waals surface area contributed by atoms with Gasteiger partial charge in [0.25, 0.3) is 0 Å². The first-order chi connectivity index (χ1) is 14.0. The Kier molecular flexibility index (Phi) is 5.60. The molecule has 2 aromatic heterocycles. The molecule has 0 unspecified atom stereocenters. The van der Waals surface area contributed by atoms with Crippen molar-refractivity contribution in [3.05, 3.63) is 87.4 Å². The van der Waals surface area contributed by atoms with E-state index in [1.807, 2.05) is 24.4 Å². The Morgan fingerprint density at radius 2 is 1.79 bits per heavy atom. The van der Waals surface area contributed by atoms with Crippen LogP contribution in [0.1, 0.15) is 16.7 Å². The van der Waals surface area contributed by atoms with E-state index < -0.39 is 0 Å². The Morgan fingerprint density at radius 3 is 2.55 bits per heavy atom. The van der Waals surface area contributed by atoms with E-state index in [-0.39, 0.29) is 12.4 Å². The lowest BCUT2D eigenvalue weighted by molar-refractivity contribution is 0.282. The van der Waals surface area contributed by atoms with E-state index in [9.17, 15) is 4.39 Å². The molecule has 0 amide bonds. The fourth-order valence-electron chi connectivity index (χ4n) is 3.11. The first-order valence-corrected chi connectivity index (χ1v) is 9.64. The van der Waals surface area contributed by atoms with E-state index in [1.54, 1.807) is 24.4 Å². The smallest absolute Gasteiger partial charge is 0.164 e. The summed E-state index contributed by atoms with van der Waals surface area (Å²) < 4.78 is 26.0. The van der Waals surface area contributed by atoms with Crippen molar-refractivity contribution in [2.45, 2.75) is 13.0 Å². The van der Waals surface area contributed by atoms with Crippen molar-refractivity contribution in [1.82, 2.24) is 9.97 Å². The first-order valence-electron chi connectivity index (χ1n) is 8.88. The molecule has 29 heavy (non-hydrogen) atoms. The number of H-pyrrole nitrogens is 1. The molecule has 1 N–H and O–H groups in total. The molecular formula is C22H17Cl2FN2O2. The van der Waals surface area contributed by atoms with Crippen molar-refractivity contribution < 1.29 is 13.9 Å². The van der Waals surface area contributed by atoms with E-state index in [0.717, 1.165) is 16.5 Å². The molecule has 0 spiro atoms. The van der Waals surface area contributed by atoms with Gasteiger partial charge in [0.15, 0.2) is 11.5 Å². The van der Waals surface area contributed by atoms with Gasteiger partial charge < -0.3 is 14.5 Å². The number of nitrogens with zero attached hydrogens (tertiary/aromatic N) is 1. The molecule has 4 nitrogen and oxygen atoms in total. The number of halogens is 3. The maximum Gasteiger partial charge on any atom is 0.164 e. The number of aromatic nitrogens is 2. The van der Waals surface area contributed by atoms with Crippen LogP contribution in [0, 0.1) is 5.82 Å². The van der Waals surface area contributed by atoms with Gasteiger partial charge in [-0.05, 0) is 41.0 Å². The zero-order valence-electron chi connectivity index (χ0n) is 15.5. The lowest BCUT2D eigenvalue weighted by Crippen LogP contribution is -2.01. The number of pyridine rings is 1. The molecule has 148 valence electrons.